The molecule has 0 radical (unpaired) electrons. The predicted octanol–water partition coefficient (Wildman–Crippen LogP) is -1.35. The largest absolute Gasteiger partial charge is 0.463 e. The minimum Gasteiger partial charge on any atom is -0.463 e. The number of ether oxygens (including phenoxy) is 2. The van der Waals surface area contributed by atoms with Gasteiger partial charge in [-0.1, -0.05) is 0 Å². The van der Waals surface area contributed by atoms with Gasteiger partial charge in [0.25, 0.3) is 0 Å². The number of esters is 1. The van der Waals surface area contributed by atoms with Crippen molar-refractivity contribution in [3.63, 3.8) is 0 Å². The Balaban J connectivity index is 2.21. The summed E-state index contributed by atoms with van der Waals surface area (Å²) in [6.45, 7) is 1.88. The predicted molar refractivity (Wildman–Crippen MR) is 52.3 cm³/mol. The first-order valence-corrected chi connectivity index (χ1v) is 4.89. The van der Waals surface area contributed by atoms with Gasteiger partial charge in [-0.25, -0.2) is 0 Å². The molecule has 86 valence electrons. The lowest BCUT2D eigenvalue weighted by Gasteiger charge is -2.22. The Morgan fingerprint density at radius 2 is 2.27 bits per heavy atom. The molecular formula is C9H16N2O4. The fraction of sp³-hybridized carbons (Fsp3) is 0.778. The molecule has 15 heavy (non-hydrogen) atoms. The average molecular weight is 216 g/mol. The standard InChI is InChI=1S/C9H16N2O4/c1-14-4-5-15-8(12)6-7-9(13)11-3-2-10-7/h7,10H,2-6H2,1H3,(H,11,13). The number of methoxy groups -OCH3 is 1. The van der Waals surface area contributed by atoms with Crippen LogP contribution in [-0.4, -0.2) is 51.3 Å². The summed E-state index contributed by atoms with van der Waals surface area (Å²) < 4.78 is 9.58. The van der Waals surface area contributed by atoms with E-state index in [9.17, 15) is 9.59 Å². The number of carbonyl (C=O) groups is 2. The third-order valence-electron chi connectivity index (χ3n) is 2.05. The molecule has 0 saturated carbocycles. The van der Waals surface area contributed by atoms with Crippen molar-refractivity contribution in [2.75, 3.05) is 33.4 Å². The van der Waals surface area contributed by atoms with Crippen molar-refractivity contribution in [2.24, 2.45) is 0 Å². The smallest absolute Gasteiger partial charge is 0.307 e. The third kappa shape index (κ3) is 4.26. The van der Waals surface area contributed by atoms with Gasteiger partial charge in [-0.3, -0.25) is 9.59 Å². The van der Waals surface area contributed by atoms with Crippen LogP contribution in [0.5, 0.6) is 0 Å². The fourth-order valence-corrected chi connectivity index (χ4v) is 1.28. The molecule has 1 saturated heterocycles. The van der Waals surface area contributed by atoms with Crippen LogP contribution in [0, 0.1) is 0 Å². The number of amides is 1. The lowest BCUT2D eigenvalue weighted by Crippen LogP contribution is -2.53. The van der Waals surface area contributed by atoms with Crippen molar-refractivity contribution < 1.29 is 19.1 Å². The maximum absolute atomic E-state index is 11.3. The van der Waals surface area contributed by atoms with Gasteiger partial charge in [0.05, 0.1) is 19.1 Å². The molecule has 1 aliphatic rings. The summed E-state index contributed by atoms with van der Waals surface area (Å²) in [5.74, 6) is -0.536. The van der Waals surface area contributed by atoms with Crippen LogP contribution >= 0.6 is 0 Å². The van der Waals surface area contributed by atoms with Crippen LogP contribution in [0.15, 0.2) is 0 Å². The summed E-state index contributed by atoms with van der Waals surface area (Å²) in [5.41, 5.74) is 0. The number of nitrogens with one attached hydrogen (secondary N) is 2. The zero-order valence-corrected chi connectivity index (χ0v) is 8.75. The van der Waals surface area contributed by atoms with Crippen LogP contribution in [-0.2, 0) is 19.1 Å². The summed E-state index contributed by atoms with van der Waals surface area (Å²) >= 11 is 0. The van der Waals surface area contributed by atoms with Gasteiger partial charge < -0.3 is 20.1 Å². The second-order valence-corrected chi connectivity index (χ2v) is 3.22. The van der Waals surface area contributed by atoms with Gasteiger partial charge in [-0.15, -0.1) is 0 Å². The molecule has 1 amide bonds. The fourth-order valence-electron chi connectivity index (χ4n) is 1.28. The Bertz CT molecular complexity index is 232. The SMILES string of the molecule is COCCOC(=O)CC1NCCNC1=O. The Hall–Kier alpha value is -1.14. The zero-order chi connectivity index (χ0) is 11.1. The monoisotopic (exact) mass is 216 g/mol. The highest BCUT2D eigenvalue weighted by atomic mass is 16.6. The van der Waals surface area contributed by atoms with Crippen LogP contribution in [0.3, 0.4) is 0 Å². The lowest BCUT2D eigenvalue weighted by molar-refractivity contribution is -0.147. The van der Waals surface area contributed by atoms with E-state index >= 15 is 0 Å². The van der Waals surface area contributed by atoms with Crippen molar-refractivity contribution in [1.82, 2.24) is 10.6 Å². The van der Waals surface area contributed by atoms with Crippen LogP contribution in [0.4, 0.5) is 0 Å². The van der Waals surface area contributed by atoms with E-state index in [2.05, 4.69) is 10.6 Å². The van der Waals surface area contributed by atoms with E-state index < -0.39 is 6.04 Å². The van der Waals surface area contributed by atoms with Crippen molar-refractivity contribution in [3.05, 3.63) is 0 Å². The van der Waals surface area contributed by atoms with Crippen molar-refractivity contribution >= 4 is 11.9 Å². The second kappa shape index (κ2) is 6.36. The molecule has 6 nitrogen and oxygen atoms in total. The first kappa shape index (κ1) is 11.9. The van der Waals surface area contributed by atoms with Gasteiger partial charge in [0.1, 0.15) is 6.61 Å². The van der Waals surface area contributed by atoms with E-state index in [4.69, 9.17) is 9.47 Å². The molecule has 0 aliphatic carbocycles. The first-order chi connectivity index (χ1) is 7.24. The van der Waals surface area contributed by atoms with Crippen LogP contribution in [0.25, 0.3) is 0 Å². The molecule has 1 aliphatic heterocycles. The normalized spacial score (nSPS) is 20.9. The van der Waals surface area contributed by atoms with Crippen LogP contribution < -0.4 is 10.6 Å². The quantitative estimate of drug-likeness (QED) is 0.439. The Labute approximate surface area is 88.3 Å². The van der Waals surface area contributed by atoms with Crippen molar-refractivity contribution in [2.45, 2.75) is 12.5 Å². The summed E-state index contributed by atoms with van der Waals surface area (Å²) in [5, 5.41) is 5.62. The van der Waals surface area contributed by atoms with E-state index in [1.165, 1.54) is 7.11 Å². The molecule has 0 aromatic carbocycles. The Kier molecular flexibility index (Phi) is 5.06. The van der Waals surface area contributed by atoms with Gasteiger partial charge in [-0.05, 0) is 0 Å². The minimum absolute atomic E-state index is 0.0650. The molecule has 1 heterocycles. The second-order valence-electron chi connectivity index (χ2n) is 3.22. The average Bonchev–Trinajstić information content (AvgIpc) is 2.22. The highest BCUT2D eigenvalue weighted by Crippen LogP contribution is 1.98. The molecule has 6 heteroatoms. The topological polar surface area (TPSA) is 76.7 Å². The summed E-state index contributed by atoms with van der Waals surface area (Å²) in [6.07, 6.45) is 0.0650. The van der Waals surface area contributed by atoms with E-state index in [1.807, 2.05) is 0 Å². The van der Waals surface area contributed by atoms with Gasteiger partial charge in [-0.2, -0.15) is 0 Å². The summed E-state index contributed by atoms with van der Waals surface area (Å²) in [6, 6.07) is -0.464. The maximum atomic E-state index is 11.3. The number of hydrogen-bond acceptors (Lipinski definition) is 5. The Morgan fingerprint density at radius 3 is 2.93 bits per heavy atom. The van der Waals surface area contributed by atoms with E-state index in [0.29, 0.717) is 19.7 Å². The molecule has 1 unspecified atom stereocenters. The summed E-state index contributed by atoms with van der Waals surface area (Å²) in [7, 11) is 1.53. The van der Waals surface area contributed by atoms with E-state index in [-0.39, 0.29) is 24.9 Å². The molecule has 0 aromatic heterocycles. The van der Waals surface area contributed by atoms with E-state index in [1.54, 1.807) is 0 Å². The zero-order valence-electron chi connectivity index (χ0n) is 8.75. The van der Waals surface area contributed by atoms with Crippen LogP contribution in [0.2, 0.25) is 0 Å². The molecular weight excluding hydrogens is 200 g/mol. The number of piperazine rings is 1. The number of carbonyl (C=O) groups excluding carboxylic acids is 2. The molecule has 0 aromatic rings. The van der Waals surface area contributed by atoms with Crippen LogP contribution in [0.1, 0.15) is 6.42 Å². The van der Waals surface area contributed by atoms with Gasteiger partial charge in [0, 0.05) is 20.2 Å². The molecule has 0 bridgehead atoms. The number of hydrogen-bond donors (Lipinski definition) is 2. The highest BCUT2D eigenvalue weighted by Gasteiger charge is 2.24. The van der Waals surface area contributed by atoms with Crippen molar-refractivity contribution in [3.8, 4) is 0 Å². The molecule has 2 N–H and O–H groups in total. The summed E-state index contributed by atoms with van der Waals surface area (Å²) in [4.78, 5) is 22.5. The van der Waals surface area contributed by atoms with Gasteiger partial charge in [0.2, 0.25) is 5.91 Å². The van der Waals surface area contributed by atoms with Gasteiger partial charge in [0.15, 0.2) is 0 Å². The maximum Gasteiger partial charge on any atom is 0.307 e. The number of rotatable bonds is 5. The Morgan fingerprint density at radius 1 is 1.47 bits per heavy atom. The first-order valence-electron chi connectivity index (χ1n) is 4.89. The molecule has 1 atom stereocenters. The lowest BCUT2D eigenvalue weighted by atomic mass is 10.1. The molecule has 0 spiro atoms. The van der Waals surface area contributed by atoms with Crippen molar-refractivity contribution in [1.29, 1.82) is 0 Å². The van der Waals surface area contributed by atoms with E-state index in [0.717, 1.165) is 0 Å². The molecule has 1 fully saturated rings. The third-order valence-corrected chi connectivity index (χ3v) is 2.05. The highest BCUT2D eigenvalue weighted by molar-refractivity contribution is 5.87. The minimum atomic E-state index is -0.464. The van der Waals surface area contributed by atoms with Gasteiger partial charge >= 0.3 is 5.97 Å². The molecule has 1 rings (SSSR count).